The number of rotatable bonds is 8. The number of ether oxygens (including phenoxy) is 1. The van der Waals surface area contributed by atoms with Gasteiger partial charge >= 0.3 is 6.18 Å². The summed E-state index contributed by atoms with van der Waals surface area (Å²) in [5, 5.41) is 10.6. The highest BCUT2D eigenvalue weighted by Gasteiger charge is 2.48. The van der Waals surface area contributed by atoms with Crippen molar-refractivity contribution in [2.45, 2.75) is 43.8 Å². The van der Waals surface area contributed by atoms with Crippen LogP contribution in [-0.2, 0) is 6.61 Å². The summed E-state index contributed by atoms with van der Waals surface area (Å²) in [7, 11) is 0. The van der Waals surface area contributed by atoms with E-state index in [9.17, 15) is 18.0 Å². The van der Waals surface area contributed by atoms with Crippen molar-refractivity contribution < 1.29 is 22.7 Å². The van der Waals surface area contributed by atoms with Crippen LogP contribution in [0.2, 0.25) is 0 Å². The van der Waals surface area contributed by atoms with Crippen LogP contribution in [0.5, 0.6) is 5.75 Å². The van der Waals surface area contributed by atoms with Crippen LogP contribution in [0, 0.1) is 0 Å². The number of carbonyl (C=O) groups excluding carboxylic acids is 1. The van der Waals surface area contributed by atoms with Crippen LogP contribution in [0.15, 0.2) is 60.8 Å². The number of likely N-dealkylation sites (tertiary alicyclic amines) is 1. The van der Waals surface area contributed by atoms with Gasteiger partial charge in [0, 0.05) is 13.1 Å². The number of aromatic nitrogens is 3. The lowest BCUT2D eigenvalue weighted by Crippen LogP contribution is -2.61. The Morgan fingerprint density at radius 3 is 2.44 bits per heavy atom. The molecule has 2 heterocycles. The van der Waals surface area contributed by atoms with Gasteiger partial charge in [0.1, 0.15) is 18.4 Å². The molecule has 34 heavy (non-hydrogen) atoms. The van der Waals surface area contributed by atoms with Crippen molar-refractivity contribution >= 4 is 5.91 Å². The number of carbonyl (C=O) groups is 1. The molecule has 2 aromatic carbocycles. The van der Waals surface area contributed by atoms with E-state index in [1.54, 1.807) is 23.0 Å². The SMILES string of the molecule is O=C(NC1CN(C(c2ccc(OCc3ccccc3)cc2)C(F)(F)F)C1)c1cn(C2CC2)nn1. The molecule has 1 saturated carbocycles. The van der Waals surface area contributed by atoms with Gasteiger partial charge < -0.3 is 10.1 Å². The van der Waals surface area contributed by atoms with Crippen LogP contribution < -0.4 is 10.1 Å². The Balaban J connectivity index is 1.17. The minimum atomic E-state index is -4.45. The summed E-state index contributed by atoms with van der Waals surface area (Å²) in [5.41, 5.74) is 1.30. The number of alkyl halides is 3. The minimum absolute atomic E-state index is 0.0962. The van der Waals surface area contributed by atoms with Gasteiger partial charge in [0.05, 0.1) is 18.3 Å². The van der Waals surface area contributed by atoms with Crippen molar-refractivity contribution in [2.24, 2.45) is 0 Å². The number of benzene rings is 2. The van der Waals surface area contributed by atoms with Crippen LogP contribution >= 0.6 is 0 Å². The molecule has 0 bridgehead atoms. The van der Waals surface area contributed by atoms with E-state index in [4.69, 9.17) is 4.74 Å². The molecule has 0 radical (unpaired) electrons. The molecule has 0 spiro atoms. The van der Waals surface area contributed by atoms with Crippen LogP contribution in [0.4, 0.5) is 13.2 Å². The first-order valence-corrected chi connectivity index (χ1v) is 11.2. The average Bonchev–Trinajstić information content (AvgIpc) is 3.53. The molecule has 3 aromatic rings. The smallest absolute Gasteiger partial charge is 0.408 e. The van der Waals surface area contributed by atoms with Crippen molar-refractivity contribution in [1.82, 2.24) is 25.2 Å². The predicted molar refractivity (Wildman–Crippen MR) is 117 cm³/mol. The molecule has 5 rings (SSSR count). The van der Waals surface area contributed by atoms with Crippen molar-refractivity contribution in [3.8, 4) is 5.75 Å². The maximum absolute atomic E-state index is 13.9. The molecule has 1 saturated heterocycles. The monoisotopic (exact) mass is 471 g/mol. The van der Waals surface area contributed by atoms with Crippen molar-refractivity contribution in [1.29, 1.82) is 0 Å². The normalized spacial score (nSPS) is 17.7. The summed E-state index contributed by atoms with van der Waals surface area (Å²) in [5.74, 6) is 0.0848. The van der Waals surface area contributed by atoms with Gasteiger partial charge in [-0.15, -0.1) is 5.10 Å². The fourth-order valence-electron chi connectivity index (χ4n) is 4.07. The molecule has 178 valence electrons. The van der Waals surface area contributed by atoms with E-state index in [1.165, 1.54) is 17.0 Å². The van der Waals surface area contributed by atoms with Gasteiger partial charge in [-0.1, -0.05) is 47.7 Å². The maximum atomic E-state index is 13.9. The fourth-order valence-corrected chi connectivity index (χ4v) is 4.07. The van der Waals surface area contributed by atoms with Gasteiger partial charge in [0.15, 0.2) is 5.69 Å². The van der Waals surface area contributed by atoms with Crippen LogP contribution in [0.25, 0.3) is 0 Å². The Morgan fingerprint density at radius 1 is 1.09 bits per heavy atom. The molecule has 1 atom stereocenters. The van der Waals surface area contributed by atoms with Crippen molar-refractivity contribution in [2.75, 3.05) is 13.1 Å². The molecule has 10 heteroatoms. The third-order valence-corrected chi connectivity index (χ3v) is 6.03. The van der Waals surface area contributed by atoms with E-state index in [1.807, 2.05) is 30.3 Å². The second kappa shape index (κ2) is 9.09. The van der Waals surface area contributed by atoms with Gasteiger partial charge in [-0.05, 0) is 36.1 Å². The van der Waals surface area contributed by atoms with Gasteiger partial charge in [0.2, 0.25) is 0 Å². The Labute approximate surface area is 194 Å². The van der Waals surface area contributed by atoms with Crippen LogP contribution in [-0.4, -0.2) is 51.1 Å². The van der Waals surface area contributed by atoms with E-state index in [-0.39, 0.29) is 30.4 Å². The number of nitrogens with one attached hydrogen (secondary N) is 1. The quantitative estimate of drug-likeness (QED) is 0.540. The third kappa shape index (κ3) is 5.06. The standard InChI is InChI=1S/C24H24F3N5O2/c25-24(26,27)22(17-6-10-20(11-7-17)34-15-16-4-2-1-3-5-16)31-12-18(13-31)28-23(33)21-14-32(30-29-21)19-8-9-19/h1-7,10-11,14,18-19,22H,8-9,12-13,15H2,(H,28,33). The molecule has 1 aliphatic carbocycles. The molecule has 7 nitrogen and oxygen atoms in total. The number of nitrogens with zero attached hydrogens (tertiary/aromatic N) is 4. The van der Waals surface area contributed by atoms with Crippen LogP contribution in [0.1, 0.15) is 46.5 Å². The summed E-state index contributed by atoms with van der Waals surface area (Å²) in [4.78, 5) is 13.7. The van der Waals surface area contributed by atoms with E-state index in [0.29, 0.717) is 18.4 Å². The van der Waals surface area contributed by atoms with E-state index in [2.05, 4.69) is 15.6 Å². The first-order valence-electron chi connectivity index (χ1n) is 11.2. The lowest BCUT2D eigenvalue weighted by Gasteiger charge is -2.45. The fraction of sp³-hybridized carbons (Fsp3) is 0.375. The Hall–Kier alpha value is -3.40. The van der Waals surface area contributed by atoms with E-state index >= 15 is 0 Å². The Morgan fingerprint density at radius 2 is 1.79 bits per heavy atom. The number of halogens is 3. The van der Waals surface area contributed by atoms with Crippen LogP contribution in [0.3, 0.4) is 0 Å². The highest BCUT2D eigenvalue weighted by Crippen LogP contribution is 2.40. The maximum Gasteiger partial charge on any atom is 0.408 e. The highest BCUT2D eigenvalue weighted by molar-refractivity contribution is 5.92. The number of hydrogen-bond donors (Lipinski definition) is 1. The Bertz CT molecular complexity index is 1120. The van der Waals surface area contributed by atoms with E-state index < -0.39 is 18.1 Å². The molecule has 1 amide bonds. The largest absolute Gasteiger partial charge is 0.489 e. The summed E-state index contributed by atoms with van der Waals surface area (Å²) >= 11 is 0. The number of hydrogen-bond acceptors (Lipinski definition) is 5. The molecule has 2 fully saturated rings. The molecule has 1 aromatic heterocycles. The van der Waals surface area contributed by atoms with Crippen molar-refractivity contribution in [3.05, 3.63) is 77.6 Å². The topological polar surface area (TPSA) is 72.3 Å². The number of amides is 1. The molecule has 2 aliphatic rings. The first kappa shape index (κ1) is 22.4. The molecular weight excluding hydrogens is 447 g/mol. The van der Waals surface area contributed by atoms with Gasteiger partial charge in [-0.2, -0.15) is 13.2 Å². The second-order valence-corrected chi connectivity index (χ2v) is 8.73. The first-order chi connectivity index (χ1) is 16.4. The summed E-state index contributed by atoms with van der Waals surface area (Å²) < 4.78 is 49.1. The lowest BCUT2D eigenvalue weighted by atomic mass is 9.98. The van der Waals surface area contributed by atoms with Gasteiger partial charge in [-0.3, -0.25) is 9.69 Å². The Kier molecular flexibility index (Phi) is 5.99. The molecular formula is C24H24F3N5O2. The third-order valence-electron chi connectivity index (χ3n) is 6.03. The van der Waals surface area contributed by atoms with Gasteiger partial charge in [-0.25, -0.2) is 4.68 Å². The minimum Gasteiger partial charge on any atom is -0.489 e. The lowest BCUT2D eigenvalue weighted by molar-refractivity contribution is -0.198. The highest BCUT2D eigenvalue weighted by atomic mass is 19.4. The summed E-state index contributed by atoms with van der Waals surface area (Å²) in [6.07, 6.45) is -0.834. The van der Waals surface area contributed by atoms with E-state index in [0.717, 1.165) is 18.4 Å². The molecule has 1 aliphatic heterocycles. The zero-order chi connectivity index (χ0) is 23.7. The predicted octanol–water partition coefficient (Wildman–Crippen LogP) is 3.91. The summed E-state index contributed by atoms with van der Waals surface area (Å²) in [6.45, 7) is 0.530. The zero-order valence-corrected chi connectivity index (χ0v) is 18.3. The van der Waals surface area contributed by atoms with Crippen molar-refractivity contribution in [3.63, 3.8) is 0 Å². The molecule has 1 unspecified atom stereocenters. The molecule has 1 N–H and O–H groups in total. The van der Waals surface area contributed by atoms with Gasteiger partial charge in [0.25, 0.3) is 5.91 Å². The average molecular weight is 471 g/mol. The zero-order valence-electron chi connectivity index (χ0n) is 18.3. The second-order valence-electron chi connectivity index (χ2n) is 8.73. The summed E-state index contributed by atoms with van der Waals surface area (Å²) in [6, 6.07) is 13.7.